The second-order valence-electron chi connectivity index (χ2n) is 4.99. The maximum Gasteiger partial charge on any atom is 0.419 e. The molecule has 0 aliphatic heterocycles. The van der Waals surface area contributed by atoms with Crippen LogP contribution in [-0.2, 0) is 6.18 Å². The first-order valence-corrected chi connectivity index (χ1v) is 7.48. The van der Waals surface area contributed by atoms with E-state index in [4.69, 9.17) is 5.73 Å². The summed E-state index contributed by atoms with van der Waals surface area (Å²) in [5.41, 5.74) is 3.97. The van der Waals surface area contributed by atoms with E-state index in [2.05, 4.69) is 26.2 Å². The first-order valence-electron chi connectivity index (χ1n) is 6.68. The van der Waals surface area contributed by atoms with Crippen molar-refractivity contribution in [3.8, 4) is 0 Å². The van der Waals surface area contributed by atoms with Gasteiger partial charge in [-0.05, 0) is 35.0 Å². The fourth-order valence-corrected chi connectivity index (χ4v) is 2.42. The number of rotatable bonds is 3. The Balaban J connectivity index is 2.29. The van der Waals surface area contributed by atoms with Crippen molar-refractivity contribution < 1.29 is 22.4 Å². The largest absolute Gasteiger partial charge is 0.419 e. The van der Waals surface area contributed by atoms with Crippen molar-refractivity contribution >= 4 is 27.7 Å². The van der Waals surface area contributed by atoms with E-state index in [1.807, 2.05) is 0 Å². The van der Waals surface area contributed by atoms with E-state index in [0.29, 0.717) is 10.5 Å². The van der Waals surface area contributed by atoms with Gasteiger partial charge in [0.15, 0.2) is 0 Å². The van der Waals surface area contributed by atoms with Crippen molar-refractivity contribution in [3.63, 3.8) is 0 Å². The van der Waals surface area contributed by atoms with Gasteiger partial charge in [-0.1, -0.05) is 12.1 Å². The number of aromatic nitrogens is 1. The molecule has 9 heteroatoms. The highest BCUT2D eigenvalue weighted by Gasteiger charge is 2.35. The van der Waals surface area contributed by atoms with Crippen molar-refractivity contribution in [2.24, 2.45) is 0 Å². The normalized spacial score (nSPS) is 12.8. The molecule has 4 nitrogen and oxygen atoms in total. The van der Waals surface area contributed by atoms with Gasteiger partial charge in [0.25, 0.3) is 5.91 Å². The van der Waals surface area contributed by atoms with Crippen molar-refractivity contribution in [2.45, 2.75) is 19.1 Å². The Bertz CT molecular complexity index is 780. The fraction of sp³-hybridized carbons (Fsp3) is 0.200. The summed E-state index contributed by atoms with van der Waals surface area (Å²) < 4.78 is 52.9. The Morgan fingerprint density at radius 3 is 2.67 bits per heavy atom. The van der Waals surface area contributed by atoms with Gasteiger partial charge >= 0.3 is 6.18 Å². The van der Waals surface area contributed by atoms with Crippen LogP contribution in [0.25, 0.3) is 0 Å². The van der Waals surface area contributed by atoms with E-state index < -0.39 is 29.5 Å². The number of carbonyl (C=O) groups excluding carboxylic acids is 1. The Hall–Kier alpha value is -2.16. The van der Waals surface area contributed by atoms with Crippen molar-refractivity contribution in [1.82, 2.24) is 10.3 Å². The van der Waals surface area contributed by atoms with Crippen LogP contribution in [0.15, 0.2) is 34.9 Å². The summed E-state index contributed by atoms with van der Waals surface area (Å²) in [7, 11) is 0. The van der Waals surface area contributed by atoms with E-state index in [9.17, 15) is 22.4 Å². The summed E-state index contributed by atoms with van der Waals surface area (Å²) in [6.45, 7) is 1.37. The second-order valence-corrected chi connectivity index (χ2v) is 5.90. The number of pyridine rings is 1. The first kappa shape index (κ1) is 18.2. The minimum Gasteiger partial charge on any atom is -0.383 e. The minimum absolute atomic E-state index is 0.0311. The van der Waals surface area contributed by atoms with Gasteiger partial charge in [-0.25, -0.2) is 9.37 Å². The number of carbonyl (C=O) groups is 1. The molecular weight excluding hydrogens is 394 g/mol. The first-order chi connectivity index (χ1) is 11.1. The molecular formula is C15H12BrF4N3O. The smallest absolute Gasteiger partial charge is 0.383 e. The molecule has 0 spiro atoms. The van der Waals surface area contributed by atoms with E-state index >= 15 is 0 Å². The minimum atomic E-state index is -4.82. The van der Waals surface area contributed by atoms with Crippen LogP contribution in [0.2, 0.25) is 0 Å². The third kappa shape index (κ3) is 3.84. The highest BCUT2D eigenvalue weighted by atomic mass is 79.9. The Labute approximate surface area is 143 Å². The number of hydrogen-bond donors (Lipinski definition) is 2. The zero-order chi connectivity index (χ0) is 18.1. The third-order valence-corrected chi connectivity index (χ3v) is 3.71. The molecule has 0 unspecified atom stereocenters. The molecule has 1 aromatic carbocycles. The van der Waals surface area contributed by atoms with Crippen LogP contribution < -0.4 is 11.1 Å². The Morgan fingerprint density at radius 2 is 2.04 bits per heavy atom. The van der Waals surface area contributed by atoms with E-state index in [0.717, 1.165) is 6.07 Å². The average Bonchev–Trinajstić information content (AvgIpc) is 2.48. The zero-order valence-electron chi connectivity index (χ0n) is 12.3. The maximum absolute atomic E-state index is 14.1. The van der Waals surface area contributed by atoms with Gasteiger partial charge in [0, 0.05) is 16.2 Å². The number of anilines is 1. The highest BCUT2D eigenvalue weighted by molar-refractivity contribution is 9.10. The standard InChI is InChI=1S/C15H12BrF4N3O/c1-7(9-3-2-4-11(12(9)17)15(18,19)20)23-14(24)10-5-8(16)6-22-13(10)21/h2-7H,1H3,(H2,21,22)(H,23,24)/t7-/m1/s1. The number of nitrogens with two attached hydrogens (primary N) is 1. The maximum atomic E-state index is 14.1. The van der Waals surface area contributed by atoms with Crippen LogP contribution in [0.5, 0.6) is 0 Å². The Morgan fingerprint density at radius 1 is 1.38 bits per heavy atom. The number of hydrogen-bond acceptors (Lipinski definition) is 3. The molecule has 0 saturated heterocycles. The number of amides is 1. The molecule has 2 rings (SSSR count). The molecule has 0 aliphatic rings. The van der Waals surface area contributed by atoms with E-state index in [1.54, 1.807) is 0 Å². The summed E-state index contributed by atoms with van der Waals surface area (Å²) in [6.07, 6.45) is -3.43. The second kappa shape index (κ2) is 6.76. The zero-order valence-corrected chi connectivity index (χ0v) is 13.9. The third-order valence-electron chi connectivity index (χ3n) is 3.28. The molecule has 24 heavy (non-hydrogen) atoms. The van der Waals surface area contributed by atoms with Gasteiger partial charge in [-0.15, -0.1) is 0 Å². The predicted octanol–water partition coefficient (Wildman–Crippen LogP) is 4.08. The lowest BCUT2D eigenvalue weighted by atomic mass is 10.0. The van der Waals surface area contributed by atoms with Gasteiger partial charge in [-0.3, -0.25) is 4.79 Å². The van der Waals surface area contributed by atoms with E-state index in [-0.39, 0.29) is 16.9 Å². The molecule has 0 aliphatic carbocycles. The molecule has 0 bridgehead atoms. The average molecular weight is 406 g/mol. The van der Waals surface area contributed by atoms with E-state index in [1.165, 1.54) is 25.3 Å². The quantitative estimate of drug-likeness (QED) is 0.756. The van der Waals surface area contributed by atoms with Gasteiger partial charge in [0.05, 0.1) is 17.2 Å². The molecule has 1 aromatic heterocycles. The number of nitrogens with one attached hydrogen (secondary N) is 1. The van der Waals surface area contributed by atoms with Crippen LogP contribution in [0.4, 0.5) is 23.4 Å². The van der Waals surface area contributed by atoms with Gasteiger partial charge < -0.3 is 11.1 Å². The molecule has 1 amide bonds. The monoisotopic (exact) mass is 405 g/mol. The SMILES string of the molecule is C[C@@H](NC(=O)c1cc(Br)cnc1N)c1cccc(C(F)(F)F)c1F. The molecule has 3 N–H and O–H groups in total. The summed E-state index contributed by atoms with van der Waals surface area (Å²) >= 11 is 3.14. The number of halogens is 5. The molecule has 0 radical (unpaired) electrons. The van der Waals surface area contributed by atoms with Gasteiger partial charge in [-0.2, -0.15) is 13.2 Å². The summed E-state index contributed by atoms with van der Waals surface area (Å²) in [4.78, 5) is 16.0. The number of benzene rings is 1. The molecule has 1 atom stereocenters. The van der Waals surface area contributed by atoms with Crippen LogP contribution >= 0.6 is 15.9 Å². The molecule has 1 heterocycles. The fourth-order valence-electron chi connectivity index (χ4n) is 2.09. The lowest BCUT2D eigenvalue weighted by molar-refractivity contribution is -0.140. The van der Waals surface area contributed by atoms with Crippen LogP contribution in [0, 0.1) is 5.82 Å². The molecule has 0 saturated carbocycles. The van der Waals surface area contributed by atoms with Crippen LogP contribution in [0.1, 0.15) is 34.5 Å². The summed E-state index contributed by atoms with van der Waals surface area (Å²) in [5.74, 6) is -2.14. The Kier molecular flexibility index (Phi) is 5.12. The highest BCUT2D eigenvalue weighted by Crippen LogP contribution is 2.33. The van der Waals surface area contributed by atoms with Crippen LogP contribution in [0.3, 0.4) is 0 Å². The molecule has 2 aromatic rings. The summed E-state index contributed by atoms with van der Waals surface area (Å²) in [5, 5.41) is 2.41. The number of nitrogens with zero attached hydrogens (tertiary/aromatic N) is 1. The number of alkyl halides is 3. The van der Waals surface area contributed by atoms with Gasteiger partial charge in [0.1, 0.15) is 11.6 Å². The van der Waals surface area contributed by atoms with Crippen molar-refractivity contribution in [2.75, 3.05) is 5.73 Å². The molecule has 128 valence electrons. The van der Waals surface area contributed by atoms with Gasteiger partial charge in [0.2, 0.25) is 0 Å². The van der Waals surface area contributed by atoms with Crippen molar-refractivity contribution in [1.29, 1.82) is 0 Å². The lowest BCUT2D eigenvalue weighted by Crippen LogP contribution is -2.28. The predicted molar refractivity (Wildman–Crippen MR) is 83.6 cm³/mol. The summed E-state index contributed by atoms with van der Waals surface area (Å²) in [6, 6.07) is 3.31. The number of nitrogen functional groups attached to an aromatic ring is 1. The van der Waals surface area contributed by atoms with Crippen molar-refractivity contribution in [3.05, 3.63) is 57.4 Å². The topological polar surface area (TPSA) is 68.0 Å². The lowest BCUT2D eigenvalue weighted by Gasteiger charge is -2.18. The molecule has 0 fully saturated rings. The van der Waals surface area contributed by atoms with Crippen LogP contribution in [-0.4, -0.2) is 10.9 Å².